The Morgan fingerprint density at radius 3 is 3.07 bits per heavy atom. The summed E-state index contributed by atoms with van der Waals surface area (Å²) in [5.41, 5.74) is 2.88. The number of hydrogen-bond acceptors (Lipinski definition) is 1. The standard InChI is InChI=1S/C12H14ClN/c1-9(13)8-14-12-7-6-10-4-2-3-5-11(10)12/h2-5,12,14H,1,6-8H2. The molecule has 2 rings (SSSR count). The van der Waals surface area contributed by atoms with Crippen LogP contribution in [0.25, 0.3) is 0 Å². The van der Waals surface area contributed by atoms with Gasteiger partial charge in [0, 0.05) is 17.6 Å². The van der Waals surface area contributed by atoms with Gasteiger partial charge in [0.25, 0.3) is 0 Å². The van der Waals surface area contributed by atoms with E-state index in [1.165, 1.54) is 24.0 Å². The van der Waals surface area contributed by atoms with E-state index in [2.05, 4.69) is 36.2 Å². The van der Waals surface area contributed by atoms with E-state index in [1.807, 2.05) is 0 Å². The van der Waals surface area contributed by atoms with Crippen LogP contribution in [0.4, 0.5) is 0 Å². The Bertz CT molecular complexity index is 346. The van der Waals surface area contributed by atoms with Gasteiger partial charge in [0.1, 0.15) is 0 Å². The molecule has 0 bridgehead atoms. The van der Waals surface area contributed by atoms with Gasteiger partial charge in [-0.2, -0.15) is 0 Å². The fraction of sp³-hybridized carbons (Fsp3) is 0.333. The number of nitrogens with one attached hydrogen (secondary N) is 1. The van der Waals surface area contributed by atoms with E-state index in [4.69, 9.17) is 11.6 Å². The molecule has 1 aliphatic rings. The highest BCUT2D eigenvalue weighted by Crippen LogP contribution is 2.30. The number of halogens is 1. The molecule has 0 spiro atoms. The minimum atomic E-state index is 0.460. The molecule has 74 valence electrons. The largest absolute Gasteiger partial charge is 0.305 e. The summed E-state index contributed by atoms with van der Waals surface area (Å²) in [6, 6.07) is 9.04. The molecule has 1 aromatic rings. The van der Waals surface area contributed by atoms with Gasteiger partial charge in [0.05, 0.1) is 0 Å². The first-order valence-corrected chi connectivity index (χ1v) is 5.29. The molecule has 2 heteroatoms. The first kappa shape index (κ1) is 9.75. The van der Waals surface area contributed by atoms with Crippen LogP contribution in [0.3, 0.4) is 0 Å². The molecule has 1 aromatic carbocycles. The molecule has 0 saturated carbocycles. The van der Waals surface area contributed by atoms with Crippen molar-refractivity contribution in [2.75, 3.05) is 6.54 Å². The van der Waals surface area contributed by atoms with Gasteiger partial charge in [-0.1, -0.05) is 42.4 Å². The SMILES string of the molecule is C=C(Cl)CNC1CCc2ccccc21. The molecule has 1 aliphatic carbocycles. The average Bonchev–Trinajstić information content (AvgIpc) is 2.58. The van der Waals surface area contributed by atoms with Crippen LogP contribution < -0.4 is 5.32 Å². The third-order valence-electron chi connectivity index (χ3n) is 2.67. The van der Waals surface area contributed by atoms with Crippen molar-refractivity contribution in [3.8, 4) is 0 Å². The quantitative estimate of drug-likeness (QED) is 0.804. The second-order valence-corrected chi connectivity index (χ2v) is 4.22. The molecule has 0 amide bonds. The van der Waals surface area contributed by atoms with Crippen molar-refractivity contribution in [2.24, 2.45) is 0 Å². The lowest BCUT2D eigenvalue weighted by molar-refractivity contribution is 0.562. The third kappa shape index (κ3) is 1.99. The third-order valence-corrected chi connectivity index (χ3v) is 2.81. The number of rotatable bonds is 3. The van der Waals surface area contributed by atoms with E-state index in [9.17, 15) is 0 Å². The molecule has 0 radical (unpaired) electrons. The second-order valence-electron chi connectivity index (χ2n) is 3.69. The van der Waals surface area contributed by atoms with Gasteiger partial charge >= 0.3 is 0 Å². The molecule has 0 saturated heterocycles. The lowest BCUT2D eigenvalue weighted by Gasteiger charge is -2.12. The van der Waals surface area contributed by atoms with Gasteiger partial charge in [-0.05, 0) is 24.0 Å². The lowest BCUT2D eigenvalue weighted by Crippen LogP contribution is -2.20. The van der Waals surface area contributed by atoms with Crippen molar-refractivity contribution in [2.45, 2.75) is 18.9 Å². The summed E-state index contributed by atoms with van der Waals surface area (Å²) in [5, 5.41) is 4.08. The fourth-order valence-corrected chi connectivity index (χ4v) is 2.08. The van der Waals surface area contributed by atoms with E-state index < -0.39 is 0 Å². The minimum absolute atomic E-state index is 0.460. The van der Waals surface area contributed by atoms with Crippen molar-refractivity contribution in [1.82, 2.24) is 5.32 Å². The minimum Gasteiger partial charge on any atom is -0.305 e. The molecule has 1 nitrogen and oxygen atoms in total. The van der Waals surface area contributed by atoms with Crippen molar-refractivity contribution in [3.63, 3.8) is 0 Å². The highest BCUT2D eigenvalue weighted by molar-refractivity contribution is 6.29. The first-order chi connectivity index (χ1) is 6.77. The Kier molecular flexibility index (Phi) is 2.90. The molecule has 0 heterocycles. The van der Waals surface area contributed by atoms with E-state index >= 15 is 0 Å². The van der Waals surface area contributed by atoms with E-state index in [-0.39, 0.29) is 0 Å². The van der Waals surface area contributed by atoms with Crippen LogP contribution >= 0.6 is 11.6 Å². The zero-order valence-corrected chi connectivity index (χ0v) is 8.85. The van der Waals surface area contributed by atoms with Crippen molar-refractivity contribution in [3.05, 3.63) is 47.0 Å². The highest BCUT2D eigenvalue weighted by Gasteiger charge is 2.20. The summed E-state index contributed by atoms with van der Waals surface area (Å²) in [6.45, 7) is 4.37. The summed E-state index contributed by atoms with van der Waals surface area (Å²) in [7, 11) is 0. The molecule has 0 fully saturated rings. The Morgan fingerprint density at radius 1 is 1.50 bits per heavy atom. The number of benzene rings is 1. The molecule has 1 unspecified atom stereocenters. The number of aryl methyl sites for hydroxylation is 1. The summed E-state index contributed by atoms with van der Waals surface area (Å²) in [4.78, 5) is 0. The Labute approximate surface area is 89.8 Å². The molecule has 14 heavy (non-hydrogen) atoms. The van der Waals surface area contributed by atoms with Crippen LogP contribution in [0, 0.1) is 0 Å². The van der Waals surface area contributed by atoms with Crippen LogP contribution in [-0.2, 0) is 6.42 Å². The van der Waals surface area contributed by atoms with Crippen LogP contribution in [0.5, 0.6) is 0 Å². The average molecular weight is 208 g/mol. The smallest absolute Gasteiger partial charge is 0.0329 e. The second kappa shape index (κ2) is 4.16. The van der Waals surface area contributed by atoms with Gasteiger partial charge in [0.15, 0.2) is 0 Å². The normalized spacial score (nSPS) is 19.4. The Morgan fingerprint density at radius 2 is 2.29 bits per heavy atom. The Hall–Kier alpha value is -0.790. The molecule has 0 aromatic heterocycles. The number of fused-ring (bicyclic) bond motifs is 1. The zero-order valence-electron chi connectivity index (χ0n) is 8.09. The summed E-state index contributed by atoms with van der Waals surface area (Å²) in [6.07, 6.45) is 2.34. The maximum Gasteiger partial charge on any atom is 0.0329 e. The van der Waals surface area contributed by atoms with Gasteiger partial charge in [0.2, 0.25) is 0 Å². The Balaban J connectivity index is 2.07. The molecular weight excluding hydrogens is 194 g/mol. The monoisotopic (exact) mass is 207 g/mol. The molecule has 1 atom stereocenters. The van der Waals surface area contributed by atoms with Crippen LogP contribution in [0.15, 0.2) is 35.9 Å². The van der Waals surface area contributed by atoms with Gasteiger partial charge in [-0.25, -0.2) is 0 Å². The maximum atomic E-state index is 5.73. The van der Waals surface area contributed by atoms with E-state index in [1.54, 1.807) is 0 Å². The topological polar surface area (TPSA) is 12.0 Å². The van der Waals surface area contributed by atoms with Crippen LogP contribution in [0.2, 0.25) is 0 Å². The van der Waals surface area contributed by atoms with Gasteiger partial charge in [-0.15, -0.1) is 0 Å². The molecule has 1 N–H and O–H groups in total. The van der Waals surface area contributed by atoms with Crippen molar-refractivity contribution >= 4 is 11.6 Å². The molecular formula is C12H14ClN. The van der Waals surface area contributed by atoms with E-state index in [0.717, 1.165) is 0 Å². The maximum absolute atomic E-state index is 5.73. The summed E-state index contributed by atoms with van der Waals surface area (Å²) < 4.78 is 0. The predicted octanol–water partition coefficient (Wildman–Crippen LogP) is 3.02. The van der Waals surface area contributed by atoms with Crippen LogP contribution in [0.1, 0.15) is 23.6 Å². The predicted molar refractivity (Wildman–Crippen MR) is 60.5 cm³/mol. The highest BCUT2D eigenvalue weighted by atomic mass is 35.5. The lowest BCUT2D eigenvalue weighted by atomic mass is 10.1. The van der Waals surface area contributed by atoms with E-state index in [0.29, 0.717) is 17.6 Å². The summed E-state index contributed by atoms with van der Waals surface area (Å²) in [5.74, 6) is 0. The van der Waals surface area contributed by atoms with Crippen molar-refractivity contribution in [1.29, 1.82) is 0 Å². The van der Waals surface area contributed by atoms with Gasteiger partial charge < -0.3 is 5.32 Å². The van der Waals surface area contributed by atoms with Crippen LogP contribution in [-0.4, -0.2) is 6.54 Å². The fourth-order valence-electron chi connectivity index (χ4n) is 2.00. The first-order valence-electron chi connectivity index (χ1n) is 4.92. The molecule has 0 aliphatic heterocycles. The zero-order chi connectivity index (χ0) is 9.97. The van der Waals surface area contributed by atoms with Gasteiger partial charge in [-0.3, -0.25) is 0 Å². The summed E-state index contributed by atoms with van der Waals surface area (Å²) >= 11 is 5.73. The van der Waals surface area contributed by atoms with Crippen molar-refractivity contribution < 1.29 is 0 Å². The number of hydrogen-bond donors (Lipinski definition) is 1.